The summed E-state index contributed by atoms with van der Waals surface area (Å²) in [4.78, 5) is 25.2. The molecule has 1 aliphatic heterocycles. The Morgan fingerprint density at radius 3 is 2.79 bits per heavy atom. The Hall–Kier alpha value is -1.84. The van der Waals surface area contributed by atoms with Gasteiger partial charge in [0, 0.05) is 31.1 Å². The van der Waals surface area contributed by atoms with Gasteiger partial charge in [0.2, 0.25) is 5.91 Å². The number of hydrogen-bond donors (Lipinski definition) is 1. The molecule has 1 aliphatic rings. The van der Waals surface area contributed by atoms with E-state index in [0.717, 1.165) is 17.7 Å². The van der Waals surface area contributed by atoms with Crippen molar-refractivity contribution in [1.29, 1.82) is 0 Å². The van der Waals surface area contributed by atoms with Crippen LogP contribution in [0.5, 0.6) is 0 Å². The lowest BCUT2D eigenvalue weighted by Gasteiger charge is -2.29. The number of fused-ring (bicyclic) bond motifs is 1. The van der Waals surface area contributed by atoms with E-state index in [1.165, 1.54) is 12.5 Å². The number of Topliss-reactive ketones (excluding diaryl/α,β-unsaturated/α-hetero) is 1. The van der Waals surface area contributed by atoms with Crippen LogP contribution in [-0.2, 0) is 22.6 Å². The lowest BCUT2D eigenvalue weighted by molar-refractivity contribution is -0.135. The van der Waals surface area contributed by atoms with Crippen LogP contribution in [0.25, 0.3) is 0 Å². The molecule has 1 unspecified atom stereocenters. The number of amides is 1. The zero-order chi connectivity index (χ0) is 14.0. The molecule has 1 aromatic rings. The van der Waals surface area contributed by atoms with Gasteiger partial charge in [0.15, 0.2) is 0 Å². The van der Waals surface area contributed by atoms with Crippen molar-refractivity contribution in [3.63, 3.8) is 0 Å². The van der Waals surface area contributed by atoms with Crippen LogP contribution >= 0.6 is 0 Å². The van der Waals surface area contributed by atoms with Gasteiger partial charge in [-0.2, -0.15) is 0 Å². The van der Waals surface area contributed by atoms with Crippen molar-refractivity contribution in [1.82, 2.24) is 4.90 Å². The highest BCUT2D eigenvalue weighted by molar-refractivity contribution is 5.85. The van der Waals surface area contributed by atoms with E-state index in [0.29, 0.717) is 19.5 Å². The molecule has 0 bridgehead atoms. The molecular formula is C15H20N2O2. The SMILES string of the molecule is CC(=O)C(C)CC(=O)N1CCc2cc(N)ccc2C1. The van der Waals surface area contributed by atoms with Gasteiger partial charge in [-0.1, -0.05) is 13.0 Å². The molecule has 1 aromatic carbocycles. The topological polar surface area (TPSA) is 63.4 Å². The van der Waals surface area contributed by atoms with Crippen molar-refractivity contribution in [2.24, 2.45) is 5.92 Å². The van der Waals surface area contributed by atoms with Gasteiger partial charge in [-0.3, -0.25) is 9.59 Å². The fourth-order valence-corrected chi connectivity index (χ4v) is 2.32. The van der Waals surface area contributed by atoms with Crippen LogP contribution in [0, 0.1) is 5.92 Å². The first kappa shape index (κ1) is 13.6. The summed E-state index contributed by atoms with van der Waals surface area (Å²) in [5.41, 5.74) is 8.91. The number of ketones is 1. The largest absolute Gasteiger partial charge is 0.399 e. The number of benzene rings is 1. The molecule has 0 saturated heterocycles. The molecule has 1 amide bonds. The minimum absolute atomic E-state index is 0.0603. The number of rotatable bonds is 3. The first-order chi connectivity index (χ1) is 8.97. The fourth-order valence-electron chi connectivity index (χ4n) is 2.32. The highest BCUT2D eigenvalue weighted by atomic mass is 16.2. The fraction of sp³-hybridized carbons (Fsp3) is 0.467. The quantitative estimate of drug-likeness (QED) is 0.842. The van der Waals surface area contributed by atoms with Crippen molar-refractivity contribution in [2.75, 3.05) is 12.3 Å². The van der Waals surface area contributed by atoms with Crippen molar-refractivity contribution in [3.8, 4) is 0 Å². The number of carbonyl (C=O) groups is 2. The van der Waals surface area contributed by atoms with Gasteiger partial charge >= 0.3 is 0 Å². The second kappa shape index (κ2) is 5.43. The molecule has 0 aromatic heterocycles. The third-order valence-corrected chi connectivity index (χ3v) is 3.77. The zero-order valence-corrected chi connectivity index (χ0v) is 11.5. The highest BCUT2D eigenvalue weighted by Crippen LogP contribution is 2.22. The van der Waals surface area contributed by atoms with Gasteiger partial charge in [-0.15, -0.1) is 0 Å². The van der Waals surface area contributed by atoms with E-state index >= 15 is 0 Å². The summed E-state index contributed by atoms with van der Waals surface area (Å²) in [6.45, 7) is 4.67. The molecule has 0 radical (unpaired) electrons. The maximum absolute atomic E-state index is 12.1. The minimum atomic E-state index is -0.194. The summed E-state index contributed by atoms with van der Waals surface area (Å²) in [5, 5.41) is 0. The first-order valence-corrected chi connectivity index (χ1v) is 6.63. The Kier molecular flexibility index (Phi) is 3.88. The van der Waals surface area contributed by atoms with Crippen LogP contribution in [-0.4, -0.2) is 23.1 Å². The van der Waals surface area contributed by atoms with E-state index in [2.05, 4.69) is 0 Å². The monoisotopic (exact) mass is 260 g/mol. The smallest absolute Gasteiger partial charge is 0.223 e. The van der Waals surface area contributed by atoms with E-state index in [-0.39, 0.29) is 17.6 Å². The van der Waals surface area contributed by atoms with Gasteiger partial charge in [0.25, 0.3) is 0 Å². The maximum Gasteiger partial charge on any atom is 0.223 e. The molecule has 0 saturated carbocycles. The predicted molar refractivity (Wildman–Crippen MR) is 74.4 cm³/mol. The molecule has 102 valence electrons. The highest BCUT2D eigenvalue weighted by Gasteiger charge is 2.23. The third kappa shape index (κ3) is 3.13. The van der Waals surface area contributed by atoms with E-state index in [4.69, 9.17) is 5.73 Å². The van der Waals surface area contributed by atoms with Crippen LogP contribution in [0.3, 0.4) is 0 Å². The van der Waals surface area contributed by atoms with Crippen LogP contribution in [0.15, 0.2) is 18.2 Å². The van der Waals surface area contributed by atoms with E-state index in [1.807, 2.05) is 23.1 Å². The summed E-state index contributed by atoms with van der Waals surface area (Å²) in [5.74, 6) is -0.0657. The third-order valence-electron chi connectivity index (χ3n) is 3.77. The zero-order valence-electron chi connectivity index (χ0n) is 11.5. The van der Waals surface area contributed by atoms with E-state index < -0.39 is 0 Å². The predicted octanol–water partition coefficient (Wildman–Crippen LogP) is 1.77. The average Bonchev–Trinajstić information content (AvgIpc) is 2.37. The molecule has 2 rings (SSSR count). The van der Waals surface area contributed by atoms with Gasteiger partial charge in [-0.25, -0.2) is 0 Å². The molecular weight excluding hydrogens is 240 g/mol. The lowest BCUT2D eigenvalue weighted by atomic mass is 9.97. The van der Waals surface area contributed by atoms with Crippen LogP contribution in [0.2, 0.25) is 0 Å². The van der Waals surface area contributed by atoms with Crippen molar-refractivity contribution >= 4 is 17.4 Å². The standard InChI is InChI=1S/C15H20N2O2/c1-10(11(2)18)7-15(19)17-6-5-12-8-14(16)4-3-13(12)9-17/h3-4,8,10H,5-7,9,16H2,1-2H3. The summed E-state index contributed by atoms with van der Waals surface area (Å²) >= 11 is 0. The molecule has 0 aliphatic carbocycles. The van der Waals surface area contributed by atoms with Gasteiger partial charge in [-0.05, 0) is 36.6 Å². The number of anilines is 1. The average molecular weight is 260 g/mol. The Labute approximate surface area is 113 Å². The summed E-state index contributed by atoms with van der Waals surface area (Å²) < 4.78 is 0. The number of nitrogens with two attached hydrogens (primary N) is 1. The molecule has 19 heavy (non-hydrogen) atoms. The van der Waals surface area contributed by atoms with Crippen molar-refractivity contribution in [3.05, 3.63) is 29.3 Å². The van der Waals surface area contributed by atoms with Crippen LogP contribution < -0.4 is 5.73 Å². The number of hydrogen-bond acceptors (Lipinski definition) is 3. The molecule has 0 spiro atoms. The Balaban J connectivity index is 2.03. The van der Waals surface area contributed by atoms with Gasteiger partial charge < -0.3 is 10.6 Å². The summed E-state index contributed by atoms with van der Waals surface area (Å²) in [6, 6.07) is 5.83. The summed E-state index contributed by atoms with van der Waals surface area (Å²) in [6.07, 6.45) is 1.14. The Bertz CT molecular complexity index is 511. The Morgan fingerprint density at radius 1 is 1.37 bits per heavy atom. The van der Waals surface area contributed by atoms with Crippen molar-refractivity contribution < 1.29 is 9.59 Å². The normalized spacial score (nSPS) is 15.8. The number of nitrogens with zero attached hydrogens (tertiary/aromatic N) is 1. The second-order valence-corrected chi connectivity index (χ2v) is 5.31. The molecule has 4 nitrogen and oxygen atoms in total. The molecule has 0 fully saturated rings. The Morgan fingerprint density at radius 2 is 2.11 bits per heavy atom. The minimum Gasteiger partial charge on any atom is -0.399 e. The van der Waals surface area contributed by atoms with Crippen LogP contribution in [0.4, 0.5) is 5.69 Å². The van der Waals surface area contributed by atoms with E-state index in [1.54, 1.807) is 6.92 Å². The number of carbonyl (C=O) groups excluding carboxylic acids is 2. The number of nitrogen functional groups attached to an aromatic ring is 1. The van der Waals surface area contributed by atoms with Crippen LogP contribution in [0.1, 0.15) is 31.4 Å². The first-order valence-electron chi connectivity index (χ1n) is 6.63. The van der Waals surface area contributed by atoms with Crippen molar-refractivity contribution in [2.45, 2.75) is 33.2 Å². The van der Waals surface area contributed by atoms with Gasteiger partial charge in [0.1, 0.15) is 5.78 Å². The molecule has 4 heteroatoms. The summed E-state index contributed by atoms with van der Waals surface area (Å²) in [7, 11) is 0. The molecule has 1 heterocycles. The van der Waals surface area contributed by atoms with Gasteiger partial charge in [0.05, 0.1) is 0 Å². The lowest BCUT2D eigenvalue weighted by Crippen LogP contribution is -2.37. The maximum atomic E-state index is 12.1. The molecule has 2 N–H and O–H groups in total. The van der Waals surface area contributed by atoms with E-state index in [9.17, 15) is 9.59 Å². The molecule has 1 atom stereocenters. The second-order valence-electron chi connectivity index (χ2n) is 5.31.